The molecule has 1 aliphatic heterocycles. The summed E-state index contributed by atoms with van der Waals surface area (Å²) in [5.74, 6) is 0.853. The highest BCUT2D eigenvalue weighted by atomic mass is 127. The third-order valence-electron chi connectivity index (χ3n) is 4.00. The molecule has 6 nitrogen and oxygen atoms in total. The van der Waals surface area contributed by atoms with Gasteiger partial charge in [0.05, 0.1) is 12.2 Å². The van der Waals surface area contributed by atoms with Crippen LogP contribution in [-0.2, 0) is 13.6 Å². The van der Waals surface area contributed by atoms with Gasteiger partial charge in [0, 0.05) is 33.4 Å². The van der Waals surface area contributed by atoms with Crippen LogP contribution in [0.1, 0.15) is 31.4 Å². The van der Waals surface area contributed by atoms with Crippen molar-refractivity contribution < 1.29 is 0 Å². The van der Waals surface area contributed by atoms with Gasteiger partial charge in [0.1, 0.15) is 0 Å². The highest BCUT2D eigenvalue weighted by Gasteiger charge is 2.08. The lowest BCUT2D eigenvalue weighted by atomic mass is 10.2. The molecule has 0 aromatic carbocycles. The van der Waals surface area contributed by atoms with E-state index in [4.69, 9.17) is 0 Å². The van der Waals surface area contributed by atoms with Gasteiger partial charge in [-0.3, -0.25) is 9.67 Å². The van der Waals surface area contributed by atoms with E-state index in [1.807, 2.05) is 31.0 Å². The molecule has 0 unspecified atom stereocenters. The largest absolute Gasteiger partial charge is 0.355 e. The van der Waals surface area contributed by atoms with Crippen LogP contribution in [0.4, 0.5) is 0 Å². The second-order valence-electron chi connectivity index (χ2n) is 5.55. The quantitative estimate of drug-likeness (QED) is 0.432. The molecule has 0 bridgehead atoms. The van der Waals surface area contributed by atoms with Gasteiger partial charge in [0.25, 0.3) is 0 Å². The zero-order chi connectivity index (χ0) is 14.9. The highest BCUT2D eigenvalue weighted by Crippen LogP contribution is 2.08. The molecule has 1 aliphatic rings. The molecule has 0 spiro atoms. The van der Waals surface area contributed by atoms with Gasteiger partial charge in [-0.2, -0.15) is 5.10 Å². The second-order valence-corrected chi connectivity index (χ2v) is 5.55. The molecule has 0 atom stereocenters. The van der Waals surface area contributed by atoms with E-state index in [-0.39, 0.29) is 24.0 Å². The van der Waals surface area contributed by atoms with E-state index in [0.29, 0.717) is 0 Å². The van der Waals surface area contributed by atoms with E-state index in [1.165, 1.54) is 38.8 Å². The molecule has 7 heteroatoms. The van der Waals surface area contributed by atoms with Crippen molar-refractivity contribution in [2.75, 3.05) is 33.2 Å². The third-order valence-corrected chi connectivity index (χ3v) is 4.00. The Kier molecular flexibility index (Phi) is 9.45. The number of hydrogen-bond donors (Lipinski definition) is 2. The topological polar surface area (TPSA) is 57.5 Å². The number of aryl methyl sites for hydroxylation is 1. The lowest BCUT2D eigenvalue weighted by Crippen LogP contribution is -2.41. The van der Waals surface area contributed by atoms with Gasteiger partial charge in [-0.15, -0.1) is 24.0 Å². The van der Waals surface area contributed by atoms with Crippen LogP contribution >= 0.6 is 24.0 Å². The van der Waals surface area contributed by atoms with Gasteiger partial charge in [0.15, 0.2) is 5.96 Å². The average Bonchev–Trinajstić information content (AvgIpc) is 2.75. The summed E-state index contributed by atoms with van der Waals surface area (Å²) in [5.41, 5.74) is 1.14. The Morgan fingerprint density at radius 1 is 1.23 bits per heavy atom. The predicted molar refractivity (Wildman–Crippen MR) is 102 cm³/mol. The Hall–Kier alpha value is -0.830. The minimum atomic E-state index is 0. The lowest BCUT2D eigenvalue weighted by molar-refractivity contribution is 0.289. The highest BCUT2D eigenvalue weighted by molar-refractivity contribution is 14.0. The maximum Gasteiger partial charge on any atom is 0.191 e. The summed E-state index contributed by atoms with van der Waals surface area (Å²) in [6, 6.07) is 2.01. The van der Waals surface area contributed by atoms with Crippen LogP contribution in [0.3, 0.4) is 0 Å². The Balaban J connectivity index is 0.00000242. The van der Waals surface area contributed by atoms with E-state index in [9.17, 15) is 0 Å². The number of hydrogen-bond acceptors (Lipinski definition) is 3. The number of guanidine groups is 1. The van der Waals surface area contributed by atoms with Gasteiger partial charge >= 0.3 is 0 Å². The molecule has 2 N–H and O–H groups in total. The first kappa shape index (κ1) is 19.2. The van der Waals surface area contributed by atoms with Crippen molar-refractivity contribution in [1.29, 1.82) is 0 Å². The number of aliphatic imine (C=N–C) groups is 1. The molecular weight excluding hydrogens is 391 g/mol. The maximum atomic E-state index is 4.26. The number of nitrogens with one attached hydrogen (secondary N) is 2. The van der Waals surface area contributed by atoms with E-state index in [2.05, 4.69) is 25.6 Å². The number of rotatable bonds is 5. The van der Waals surface area contributed by atoms with Gasteiger partial charge < -0.3 is 15.5 Å². The van der Waals surface area contributed by atoms with Crippen molar-refractivity contribution in [2.45, 2.75) is 32.2 Å². The minimum absolute atomic E-state index is 0. The van der Waals surface area contributed by atoms with E-state index in [1.54, 1.807) is 0 Å². The van der Waals surface area contributed by atoms with Gasteiger partial charge in [-0.05, 0) is 32.0 Å². The van der Waals surface area contributed by atoms with E-state index >= 15 is 0 Å². The first-order valence-electron chi connectivity index (χ1n) is 7.93. The summed E-state index contributed by atoms with van der Waals surface area (Å²) < 4.78 is 1.87. The number of aromatic nitrogens is 2. The van der Waals surface area contributed by atoms with Crippen molar-refractivity contribution in [1.82, 2.24) is 25.3 Å². The molecule has 2 heterocycles. The van der Waals surface area contributed by atoms with Crippen LogP contribution in [0.5, 0.6) is 0 Å². The number of halogens is 1. The Labute approximate surface area is 150 Å². The molecule has 0 amide bonds. The van der Waals surface area contributed by atoms with Crippen LogP contribution in [0, 0.1) is 0 Å². The summed E-state index contributed by atoms with van der Waals surface area (Å²) >= 11 is 0. The van der Waals surface area contributed by atoms with Crippen molar-refractivity contribution in [3.8, 4) is 0 Å². The third kappa shape index (κ3) is 6.51. The molecule has 1 aromatic heterocycles. The first-order chi connectivity index (χ1) is 10.3. The molecular formula is C15H29IN6. The molecule has 126 valence electrons. The van der Waals surface area contributed by atoms with Gasteiger partial charge in [0.2, 0.25) is 0 Å². The molecule has 1 saturated heterocycles. The molecule has 1 aromatic rings. The predicted octanol–water partition coefficient (Wildman–Crippen LogP) is 1.58. The monoisotopic (exact) mass is 420 g/mol. The summed E-state index contributed by atoms with van der Waals surface area (Å²) in [7, 11) is 3.76. The SMILES string of the molecule is CN=C(NCCN1CCCCCC1)NCc1ccnn1C.I. The smallest absolute Gasteiger partial charge is 0.191 e. The standard InChI is InChI=1S/C15H28N6.HI/c1-16-15(18-13-14-7-8-19-20(14)2)17-9-12-21-10-5-3-4-6-11-21;/h7-8H,3-6,9-13H2,1-2H3,(H2,16,17,18);1H. The van der Waals surface area contributed by atoms with Gasteiger partial charge in [-0.25, -0.2) is 0 Å². The molecule has 0 radical (unpaired) electrons. The average molecular weight is 420 g/mol. The fraction of sp³-hybridized carbons (Fsp3) is 0.733. The lowest BCUT2D eigenvalue weighted by Gasteiger charge is -2.20. The van der Waals surface area contributed by atoms with Gasteiger partial charge in [-0.1, -0.05) is 12.8 Å². The summed E-state index contributed by atoms with van der Waals surface area (Å²) in [6.45, 7) is 5.24. The van der Waals surface area contributed by atoms with E-state index < -0.39 is 0 Å². The van der Waals surface area contributed by atoms with Crippen LogP contribution in [-0.4, -0.2) is 53.9 Å². The molecule has 0 saturated carbocycles. The Bertz CT molecular complexity index is 437. The van der Waals surface area contributed by atoms with Crippen molar-refractivity contribution in [3.63, 3.8) is 0 Å². The van der Waals surface area contributed by atoms with Crippen molar-refractivity contribution in [3.05, 3.63) is 18.0 Å². The zero-order valence-electron chi connectivity index (χ0n) is 13.7. The van der Waals surface area contributed by atoms with Crippen LogP contribution in [0.2, 0.25) is 0 Å². The first-order valence-corrected chi connectivity index (χ1v) is 7.93. The van der Waals surface area contributed by atoms with E-state index in [0.717, 1.165) is 31.3 Å². The zero-order valence-corrected chi connectivity index (χ0v) is 16.0. The Morgan fingerprint density at radius 2 is 1.95 bits per heavy atom. The summed E-state index contributed by atoms with van der Waals surface area (Å²) in [4.78, 5) is 6.81. The maximum absolute atomic E-state index is 4.26. The Morgan fingerprint density at radius 3 is 2.55 bits per heavy atom. The van der Waals surface area contributed by atoms with Crippen LogP contribution < -0.4 is 10.6 Å². The fourth-order valence-electron chi connectivity index (χ4n) is 2.66. The molecule has 2 rings (SSSR count). The fourth-order valence-corrected chi connectivity index (χ4v) is 2.66. The minimum Gasteiger partial charge on any atom is -0.355 e. The second kappa shape index (κ2) is 10.8. The summed E-state index contributed by atoms with van der Waals surface area (Å²) in [5, 5.41) is 10.9. The number of likely N-dealkylation sites (tertiary alicyclic amines) is 1. The van der Waals surface area contributed by atoms with Crippen LogP contribution in [0.25, 0.3) is 0 Å². The van der Waals surface area contributed by atoms with Crippen molar-refractivity contribution >= 4 is 29.9 Å². The normalized spacial score (nSPS) is 16.7. The summed E-state index contributed by atoms with van der Waals surface area (Å²) in [6.07, 6.45) is 7.27. The van der Waals surface area contributed by atoms with Crippen molar-refractivity contribution in [2.24, 2.45) is 12.0 Å². The number of nitrogens with zero attached hydrogens (tertiary/aromatic N) is 4. The van der Waals surface area contributed by atoms with Crippen LogP contribution in [0.15, 0.2) is 17.3 Å². The molecule has 22 heavy (non-hydrogen) atoms. The molecule has 0 aliphatic carbocycles. The molecule has 1 fully saturated rings.